The second-order valence-electron chi connectivity index (χ2n) is 10.2. The van der Waals surface area contributed by atoms with E-state index in [9.17, 15) is 0 Å². The van der Waals surface area contributed by atoms with E-state index in [-0.39, 0.29) is 6.04 Å². The molecule has 0 fully saturated rings. The Morgan fingerprint density at radius 1 is 0.810 bits per heavy atom. The van der Waals surface area contributed by atoms with Crippen LogP contribution in [0, 0.1) is 13.8 Å². The molecule has 5 aromatic rings. The molecule has 1 atom stereocenters. The summed E-state index contributed by atoms with van der Waals surface area (Å²) in [7, 11) is 3.29. The number of pyridine rings is 1. The van der Waals surface area contributed by atoms with Crippen molar-refractivity contribution in [1.29, 1.82) is 0 Å². The molecule has 0 unspecified atom stereocenters. The summed E-state index contributed by atoms with van der Waals surface area (Å²) in [6.07, 6.45) is 1.76. The normalized spacial score (nSPS) is 15.1. The Bertz CT molecular complexity index is 1860. The topological polar surface area (TPSA) is 89.2 Å². The minimum Gasteiger partial charge on any atom is -0.493 e. The van der Waals surface area contributed by atoms with Gasteiger partial charge in [0, 0.05) is 17.4 Å². The van der Waals surface area contributed by atoms with E-state index >= 15 is 0 Å². The van der Waals surface area contributed by atoms with Gasteiger partial charge in [0.1, 0.15) is 0 Å². The van der Waals surface area contributed by atoms with Crippen LogP contribution in [0.2, 0.25) is 0 Å². The number of aryl methyl sites for hydroxylation is 2. The van der Waals surface area contributed by atoms with Crippen molar-refractivity contribution in [3.63, 3.8) is 0 Å². The summed E-state index contributed by atoms with van der Waals surface area (Å²) < 4.78 is 13.1. The van der Waals surface area contributed by atoms with Crippen LogP contribution in [0.4, 0.5) is 22.9 Å². The van der Waals surface area contributed by atoms with Gasteiger partial charge in [-0.05, 0) is 67.9 Å². The zero-order valence-electron chi connectivity index (χ0n) is 23.7. The average Bonchev–Trinajstić information content (AvgIpc) is 3.37. The number of para-hydroxylation sites is 2. The van der Waals surface area contributed by atoms with Crippen molar-refractivity contribution in [1.82, 2.24) is 14.8 Å². The predicted octanol–water partition coefficient (Wildman–Crippen LogP) is 6.70. The van der Waals surface area contributed by atoms with Gasteiger partial charge in [0.15, 0.2) is 34.8 Å². The number of hydrogen-bond acceptors (Lipinski definition) is 8. The number of hydrogen-bond donors (Lipinski definition) is 1. The summed E-state index contributed by atoms with van der Waals surface area (Å²) >= 11 is 0. The van der Waals surface area contributed by atoms with Gasteiger partial charge < -0.3 is 19.7 Å². The number of nitrogens with zero attached hydrogens (tertiary/aromatic N) is 6. The van der Waals surface area contributed by atoms with Crippen LogP contribution in [0.1, 0.15) is 28.4 Å². The monoisotopic (exact) mass is 555 g/mol. The van der Waals surface area contributed by atoms with Crippen LogP contribution >= 0.6 is 0 Å². The van der Waals surface area contributed by atoms with E-state index in [1.807, 2.05) is 72.3 Å². The lowest BCUT2D eigenvalue weighted by Gasteiger charge is -2.40. The summed E-state index contributed by atoms with van der Waals surface area (Å²) in [5, 5.41) is 8.50. The van der Waals surface area contributed by atoms with Crippen LogP contribution in [0.15, 0.2) is 101 Å². The zero-order valence-corrected chi connectivity index (χ0v) is 23.7. The summed E-state index contributed by atoms with van der Waals surface area (Å²) in [5.41, 5.74) is 6.71. The molecule has 9 nitrogen and oxygen atoms in total. The maximum absolute atomic E-state index is 5.74. The fraction of sp³-hybridized carbons (Fsp3) is 0.152. The lowest BCUT2D eigenvalue weighted by Crippen LogP contribution is -2.46. The maximum Gasteiger partial charge on any atom is 0.179 e. The van der Waals surface area contributed by atoms with Gasteiger partial charge in [-0.3, -0.25) is 0 Å². The van der Waals surface area contributed by atoms with E-state index in [0.29, 0.717) is 34.8 Å². The summed E-state index contributed by atoms with van der Waals surface area (Å²) in [6.45, 7) is 4.09. The van der Waals surface area contributed by atoms with Crippen LogP contribution < -0.4 is 19.7 Å². The molecule has 0 spiro atoms. The first kappa shape index (κ1) is 25.5. The number of ether oxygens (including phenoxy) is 2. The van der Waals surface area contributed by atoms with Gasteiger partial charge in [0.2, 0.25) is 0 Å². The minimum atomic E-state index is -0.295. The number of nitrogens with one attached hydrogen (secondary N) is 1. The highest BCUT2D eigenvalue weighted by Gasteiger charge is 2.41. The molecule has 0 aliphatic carbocycles. The number of anilines is 2. The molecule has 0 amide bonds. The lowest BCUT2D eigenvalue weighted by molar-refractivity contribution is 0.354. The van der Waals surface area contributed by atoms with Crippen molar-refractivity contribution in [2.24, 2.45) is 9.98 Å². The van der Waals surface area contributed by atoms with Gasteiger partial charge in [-0.15, -0.1) is 0 Å². The minimum absolute atomic E-state index is 0.295. The van der Waals surface area contributed by atoms with Crippen molar-refractivity contribution >= 4 is 34.6 Å². The Morgan fingerprint density at radius 2 is 1.60 bits per heavy atom. The van der Waals surface area contributed by atoms with Crippen molar-refractivity contribution < 1.29 is 9.47 Å². The Hall–Kier alpha value is -5.44. The molecule has 9 heteroatoms. The number of benzene rings is 3. The fourth-order valence-corrected chi connectivity index (χ4v) is 5.55. The van der Waals surface area contributed by atoms with Crippen LogP contribution in [-0.2, 0) is 0 Å². The molecule has 208 valence electrons. The molecule has 4 heterocycles. The molecule has 42 heavy (non-hydrogen) atoms. The van der Waals surface area contributed by atoms with Crippen LogP contribution in [0.25, 0.3) is 5.82 Å². The third-order valence-electron chi connectivity index (χ3n) is 7.54. The SMILES string of the molecule is COc1ccc([C@@H]2c3c(C)nn(-c4ccccn4)c3N=C3C(Nc4ccc(C)cc4)=Nc4ccccc4N32)cc1OC. The van der Waals surface area contributed by atoms with E-state index in [1.54, 1.807) is 20.4 Å². The van der Waals surface area contributed by atoms with Crippen LogP contribution in [-0.4, -0.2) is 40.7 Å². The summed E-state index contributed by atoms with van der Waals surface area (Å²) in [5.74, 6) is 4.02. The van der Waals surface area contributed by atoms with Crippen molar-refractivity contribution in [3.05, 3.63) is 114 Å². The molecular formula is C33H29N7O2. The number of amidine groups is 2. The molecule has 2 aromatic heterocycles. The molecule has 0 saturated carbocycles. The van der Waals surface area contributed by atoms with Gasteiger partial charge >= 0.3 is 0 Å². The van der Waals surface area contributed by atoms with Crippen LogP contribution in [0.5, 0.6) is 11.5 Å². The third kappa shape index (κ3) is 4.17. The average molecular weight is 556 g/mol. The molecule has 0 saturated heterocycles. The van der Waals surface area contributed by atoms with Gasteiger partial charge in [-0.1, -0.05) is 42.0 Å². The van der Waals surface area contributed by atoms with Crippen molar-refractivity contribution in [3.8, 4) is 17.3 Å². The zero-order chi connectivity index (χ0) is 28.8. The molecule has 0 bridgehead atoms. The first-order valence-electron chi connectivity index (χ1n) is 13.7. The second kappa shape index (κ2) is 10.2. The maximum atomic E-state index is 5.74. The predicted molar refractivity (Wildman–Crippen MR) is 165 cm³/mol. The molecule has 1 N–H and O–H groups in total. The Balaban J connectivity index is 1.50. The standard InChI is InChI=1S/C33H29N7O2/c1-20-12-15-23(16-13-20)35-31-33-37-32-29(21(2)38-40(32)28-11-7-8-18-34-28)30(22-14-17-26(41-3)27(19-22)42-4)39(33)25-10-6-5-9-24(25)36-31/h5-19,30H,1-4H3,(H,35,36)/t30-/m1/s1. The van der Waals surface area contributed by atoms with E-state index in [2.05, 4.69) is 46.4 Å². The molecular weight excluding hydrogens is 526 g/mol. The highest BCUT2D eigenvalue weighted by atomic mass is 16.5. The van der Waals surface area contributed by atoms with Gasteiger partial charge in [-0.25, -0.2) is 15.0 Å². The second-order valence-corrected chi connectivity index (χ2v) is 10.2. The molecule has 2 aliphatic heterocycles. The Labute approximate surface area is 243 Å². The van der Waals surface area contributed by atoms with Crippen LogP contribution in [0.3, 0.4) is 0 Å². The molecule has 3 aromatic carbocycles. The Morgan fingerprint density at radius 3 is 2.36 bits per heavy atom. The largest absolute Gasteiger partial charge is 0.493 e. The third-order valence-corrected chi connectivity index (χ3v) is 7.54. The number of aliphatic imine (C=N–C) groups is 2. The number of methoxy groups -OCH3 is 2. The van der Waals surface area contributed by atoms with E-state index < -0.39 is 0 Å². The summed E-state index contributed by atoms with van der Waals surface area (Å²) in [6, 6.07) is 27.9. The smallest absolute Gasteiger partial charge is 0.179 e. The van der Waals surface area contributed by atoms with E-state index in [1.165, 1.54) is 5.56 Å². The molecule has 7 rings (SSSR count). The quantitative estimate of drug-likeness (QED) is 0.260. The van der Waals surface area contributed by atoms with E-state index in [4.69, 9.17) is 24.6 Å². The summed E-state index contributed by atoms with van der Waals surface area (Å²) in [4.78, 5) is 17.2. The molecule has 0 radical (unpaired) electrons. The van der Waals surface area contributed by atoms with Gasteiger partial charge in [0.05, 0.1) is 37.3 Å². The lowest BCUT2D eigenvalue weighted by atomic mass is 9.93. The highest BCUT2D eigenvalue weighted by molar-refractivity contribution is 6.51. The highest BCUT2D eigenvalue weighted by Crippen LogP contribution is 2.49. The van der Waals surface area contributed by atoms with Crippen molar-refractivity contribution in [2.45, 2.75) is 19.9 Å². The van der Waals surface area contributed by atoms with E-state index in [0.717, 1.165) is 33.9 Å². The Kier molecular flexibility index (Phi) is 6.19. The number of fused-ring (bicyclic) bond motifs is 4. The first-order chi connectivity index (χ1) is 20.6. The van der Waals surface area contributed by atoms with Gasteiger partial charge in [-0.2, -0.15) is 9.78 Å². The number of aromatic nitrogens is 3. The fourth-order valence-electron chi connectivity index (χ4n) is 5.55. The molecule has 2 aliphatic rings. The first-order valence-corrected chi connectivity index (χ1v) is 13.7. The number of rotatable bonds is 5. The van der Waals surface area contributed by atoms with Crippen molar-refractivity contribution in [2.75, 3.05) is 24.4 Å². The van der Waals surface area contributed by atoms with Gasteiger partial charge in [0.25, 0.3) is 0 Å².